The number of aromatic nitrogens is 1. The molecule has 1 radical (unpaired) electrons. The molecule has 83 valence electrons. The molecule has 0 saturated heterocycles. The molecular formula is C6H8CuN8. The standard InChI is InChI=1S/C6H8N2.Cu.2N3/c7-5-6-3-1-2-4-8-6;;2*1-3-2/h1-4H,5,7H2;;;/q;+2;2*-1. The predicted molar refractivity (Wildman–Crippen MR) is 52.3 cm³/mol. The summed E-state index contributed by atoms with van der Waals surface area (Å²) < 4.78 is 0. The molecule has 1 aromatic heterocycles. The van der Waals surface area contributed by atoms with E-state index in [2.05, 4.69) is 4.98 Å². The molecule has 8 nitrogen and oxygen atoms in total. The van der Waals surface area contributed by atoms with Crippen LogP contribution in [0.5, 0.6) is 0 Å². The number of pyridine rings is 1. The Morgan fingerprint density at radius 1 is 1.13 bits per heavy atom. The van der Waals surface area contributed by atoms with Crippen molar-refractivity contribution in [2.75, 3.05) is 0 Å². The molecular weight excluding hydrogens is 248 g/mol. The van der Waals surface area contributed by atoms with Crippen molar-refractivity contribution < 1.29 is 17.1 Å². The number of hydrogen-bond donors (Lipinski definition) is 1. The van der Waals surface area contributed by atoms with Crippen LogP contribution < -0.4 is 5.73 Å². The quantitative estimate of drug-likeness (QED) is 0.353. The van der Waals surface area contributed by atoms with E-state index in [9.17, 15) is 0 Å². The Labute approximate surface area is 96.8 Å². The maximum absolute atomic E-state index is 6.75. The van der Waals surface area contributed by atoms with Crippen LogP contribution in [0.2, 0.25) is 0 Å². The van der Waals surface area contributed by atoms with E-state index in [0.717, 1.165) is 5.69 Å². The molecule has 1 rings (SSSR count). The van der Waals surface area contributed by atoms with Crippen molar-refractivity contribution in [3.05, 3.63) is 62.0 Å². The van der Waals surface area contributed by atoms with Gasteiger partial charge in [-0.2, -0.15) is 0 Å². The van der Waals surface area contributed by atoms with Crippen LogP contribution in [0.3, 0.4) is 0 Å². The molecule has 0 saturated carbocycles. The SMILES string of the molecule is NCc1ccccn1.[Cu+2].[N-]=[N+]=[N-].[N-]=[N+]=[N-]. The third-order valence-electron chi connectivity index (χ3n) is 0.935. The van der Waals surface area contributed by atoms with Crippen LogP contribution in [0.1, 0.15) is 5.69 Å². The van der Waals surface area contributed by atoms with Crippen LogP contribution in [-0.2, 0) is 23.6 Å². The van der Waals surface area contributed by atoms with Gasteiger partial charge < -0.3 is 27.9 Å². The largest absolute Gasteiger partial charge is 2.00 e. The zero-order valence-electron chi connectivity index (χ0n) is 7.53. The molecule has 15 heavy (non-hydrogen) atoms. The van der Waals surface area contributed by atoms with Gasteiger partial charge in [0.2, 0.25) is 0 Å². The maximum Gasteiger partial charge on any atom is 2.00 e. The minimum absolute atomic E-state index is 0. The summed E-state index contributed by atoms with van der Waals surface area (Å²) in [5.41, 5.74) is 33.2. The monoisotopic (exact) mass is 255 g/mol. The zero-order chi connectivity index (χ0) is 11.2. The molecule has 9 heteroatoms. The Balaban J connectivity index is -0.000000177. The minimum Gasteiger partial charge on any atom is -0.373 e. The topological polar surface area (TPSA) is 156 Å². The van der Waals surface area contributed by atoms with Crippen molar-refractivity contribution in [1.29, 1.82) is 0 Å². The van der Waals surface area contributed by atoms with E-state index in [1.165, 1.54) is 9.82 Å². The number of hydrogen-bond acceptors (Lipinski definition) is 2. The Morgan fingerprint density at radius 3 is 1.80 bits per heavy atom. The van der Waals surface area contributed by atoms with Gasteiger partial charge in [0.15, 0.2) is 0 Å². The third-order valence-corrected chi connectivity index (χ3v) is 0.935. The summed E-state index contributed by atoms with van der Waals surface area (Å²) in [5, 5.41) is 0. The van der Waals surface area contributed by atoms with Crippen molar-refractivity contribution >= 4 is 0 Å². The molecule has 0 fully saturated rings. The minimum atomic E-state index is 0. The second-order valence-electron chi connectivity index (χ2n) is 1.70. The summed E-state index contributed by atoms with van der Waals surface area (Å²) in [6.07, 6.45) is 1.74. The van der Waals surface area contributed by atoms with Gasteiger partial charge in [0.1, 0.15) is 0 Å². The molecule has 0 aliphatic heterocycles. The fraction of sp³-hybridized carbons (Fsp3) is 0.167. The van der Waals surface area contributed by atoms with E-state index in [1.807, 2.05) is 18.2 Å². The van der Waals surface area contributed by atoms with Crippen LogP contribution in [0, 0.1) is 0 Å². The summed E-state index contributed by atoms with van der Waals surface area (Å²) >= 11 is 0. The maximum atomic E-state index is 6.75. The van der Waals surface area contributed by atoms with Crippen LogP contribution in [0.4, 0.5) is 0 Å². The van der Waals surface area contributed by atoms with Gasteiger partial charge in [0, 0.05) is 12.7 Å². The van der Waals surface area contributed by atoms with Gasteiger partial charge in [-0.1, -0.05) is 6.07 Å². The number of nitrogens with zero attached hydrogens (tertiary/aromatic N) is 7. The summed E-state index contributed by atoms with van der Waals surface area (Å²) in [7, 11) is 0. The molecule has 0 spiro atoms. The zero-order valence-corrected chi connectivity index (χ0v) is 8.47. The van der Waals surface area contributed by atoms with Gasteiger partial charge in [-0.3, -0.25) is 14.8 Å². The van der Waals surface area contributed by atoms with E-state index in [-0.39, 0.29) is 17.1 Å². The van der Waals surface area contributed by atoms with E-state index in [1.54, 1.807) is 6.20 Å². The first-order valence-corrected chi connectivity index (χ1v) is 3.33. The second-order valence-corrected chi connectivity index (χ2v) is 1.70. The summed E-state index contributed by atoms with van der Waals surface area (Å²) in [4.78, 5) is 6.97. The fourth-order valence-electron chi connectivity index (χ4n) is 0.519. The molecule has 1 heterocycles. The Bertz CT molecular complexity index is 275. The molecule has 0 bridgehead atoms. The Hall–Kier alpha value is -1.75. The van der Waals surface area contributed by atoms with Gasteiger partial charge in [-0.05, 0) is 12.1 Å². The molecule has 1 aromatic rings. The summed E-state index contributed by atoms with van der Waals surface area (Å²) in [6.45, 7) is 0.529. The Morgan fingerprint density at radius 2 is 1.60 bits per heavy atom. The normalized spacial score (nSPS) is 5.93. The molecule has 0 atom stereocenters. The molecule has 0 aliphatic rings. The van der Waals surface area contributed by atoms with Crippen molar-refractivity contribution in [2.24, 2.45) is 5.73 Å². The average molecular weight is 256 g/mol. The fourth-order valence-corrected chi connectivity index (χ4v) is 0.519. The third kappa shape index (κ3) is 18.9. The van der Waals surface area contributed by atoms with E-state index < -0.39 is 0 Å². The summed E-state index contributed by atoms with van der Waals surface area (Å²) in [5.74, 6) is 0. The Kier molecular flexibility index (Phi) is 22.9. The van der Waals surface area contributed by atoms with Crippen LogP contribution in [0.15, 0.2) is 24.4 Å². The molecule has 0 aromatic carbocycles. The molecule has 0 aliphatic carbocycles. The second kappa shape index (κ2) is 18.1. The van der Waals surface area contributed by atoms with Gasteiger partial charge in [0.05, 0.1) is 5.69 Å². The van der Waals surface area contributed by atoms with Gasteiger partial charge in [0.25, 0.3) is 0 Å². The average Bonchev–Trinajstić information content (AvgIpc) is 2.21. The first-order chi connectivity index (χ1) is 6.76. The van der Waals surface area contributed by atoms with Crippen molar-refractivity contribution in [1.82, 2.24) is 4.98 Å². The predicted octanol–water partition coefficient (Wildman–Crippen LogP) is 2.27. The number of rotatable bonds is 1. The van der Waals surface area contributed by atoms with E-state index in [4.69, 9.17) is 27.9 Å². The molecule has 2 N–H and O–H groups in total. The van der Waals surface area contributed by atoms with Crippen LogP contribution in [-0.4, -0.2) is 4.98 Å². The van der Waals surface area contributed by atoms with Gasteiger partial charge >= 0.3 is 17.1 Å². The first kappa shape index (κ1) is 18.9. The van der Waals surface area contributed by atoms with Crippen molar-refractivity contribution in [3.8, 4) is 0 Å². The van der Waals surface area contributed by atoms with Crippen LogP contribution in [0.25, 0.3) is 31.9 Å². The van der Waals surface area contributed by atoms with Crippen LogP contribution >= 0.6 is 0 Å². The van der Waals surface area contributed by atoms with Crippen molar-refractivity contribution in [2.45, 2.75) is 6.54 Å². The van der Waals surface area contributed by atoms with Crippen molar-refractivity contribution in [3.63, 3.8) is 0 Å². The molecule has 0 unspecified atom stereocenters. The van der Waals surface area contributed by atoms with Gasteiger partial charge in [-0.15, -0.1) is 0 Å². The van der Waals surface area contributed by atoms with E-state index >= 15 is 0 Å². The molecule has 0 amide bonds. The van der Waals surface area contributed by atoms with Gasteiger partial charge in [-0.25, -0.2) is 0 Å². The summed E-state index contributed by atoms with van der Waals surface area (Å²) in [6, 6.07) is 5.70. The van der Waals surface area contributed by atoms with E-state index in [0.29, 0.717) is 6.54 Å². The smallest absolute Gasteiger partial charge is 0.373 e. The number of nitrogens with two attached hydrogens (primary N) is 1. The first-order valence-electron chi connectivity index (χ1n) is 3.33.